The van der Waals surface area contributed by atoms with E-state index in [0.29, 0.717) is 5.69 Å². The van der Waals surface area contributed by atoms with Gasteiger partial charge < -0.3 is 15.1 Å². The summed E-state index contributed by atoms with van der Waals surface area (Å²) in [7, 11) is 1.40. The standard InChI is InChI=1S/C22H27FN4O3/c1-5-19(28)26(4)18(12-22(2,3)23)21(30)27-14-15(11-17(27)13-24)20(29)25-16-9-7-6-8-10-16/h5-10,15,17-18H,1,11-12,14H2,2-4H3,(H,25,29). The summed E-state index contributed by atoms with van der Waals surface area (Å²) < 4.78 is 14.4. The first kappa shape index (κ1) is 23.1. The summed E-state index contributed by atoms with van der Waals surface area (Å²) in [6, 6.07) is 8.99. The number of likely N-dealkylation sites (tertiary alicyclic amines) is 1. The molecule has 0 bridgehead atoms. The highest BCUT2D eigenvalue weighted by Crippen LogP contribution is 2.28. The molecule has 1 fully saturated rings. The van der Waals surface area contributed by atoms with Crippen LogP contribution in [0.1, 0.15) is 26.7 Å². The molecule has 3 amide bonds. The highest BCUT2D eigenvalue weighted by molar-refractivity contribution is 5.95. The van der Waals surface area contributed by atoms with Crippen LogP contribution in [0.25, 0.3) is 0 Å². The van der Waals surface area contributed by atoms with Crippen molar-refractivity contribution in [2.24, 2.45) is 5.92 Å². The molecule has 0 saturated carbocycles. The molecule has 1 heterocycles. The summed E-state index contributed by atoms with van der Waals surface area (Å²) in [5, 5.41) is 12.3. The quantitative estimate of drug-likeness (QED) is 0.694. The molecule has 1 saturated heterocycles. The number of carbonyl (C=O) groups is 3. The Kier molecular flexibility index (Phi) is 7.33. The molecule has 1 aliphatic heterocycles. The number of anilines is 1. The van der Waals surface area contributed by atoms with E-state index in [1.165, 1.54) is 25.8 Å². The van der Waals surface area contributed by atoms with Crippen LogP contribution in [0.15, 0.2) is 43.0 Å². The summed E-state index contributed by atoms with van der Waals surface area (Å²) in [6.45, 7) is 6.07. The Morgan fingerprint density at radius 1 is 1.40 bits per heavy atom. The van der Waals surface area contributed by atoms with Crippen molar-refractivity contribution >= 4 is 23.4 Å². The second kappa shape index (κ2) is 9.53. The zero-order valence-electron chi connectivity index (χ0n) is 17.5. The zero-order valence-corrected chi connectivity index (χ0v) is 17.5. The normalized spacial score (nSPS) is 19.5. The third kappa shape index (κ3) is 5.66. The van der Waals surface area contributed by atoms with E-state index in [1.807, 2.05) is 6.07 Å². The lowest BCUT2D eigenvalue weighted by molar-refractivity contribution is -0.144. The second-order valence-electron chi connectivity index (χ2n) is 8.02. The van der Waals surface area contributed by atoms with Crippen LogP contribution in [0, 0.1) is 17.2 Å². The summed E-state index contributed by atoms with van der Waals surface area (Å²) >= 11 is 0. The molecular weight excluding hydrogens is 387 g/mol. The van der Waals surface area contributed by atoms with Crippen molar-refractivity contribution in [1.29, 1.82) is 5.26 Å². The van der Waals surface area contributed by atoms with Crippen LogP contribution >= 0.6 is 0 Å². The number of nitrogens with one attached hydrogen (secondary N) is 1. The molecule has 3 atom stereocenters. The van der Waals surface area contributed by atoms with Crippen LogP contribution in [0.5, 0.6) is 0 Å². The summed E-state index contributed by atoms with van der Waals surface area (Å²) in [6.07, 6.45) is 0.983. The van der Waals surface area contributed by atoms with Gasteiger partial charge in [-0.2, -0.15) is 5.26 Å². The van der Waals surface area contributed by atoms with Gasteiger partial charge in [0.25, 0.3) is 0 Å². The molecule has 30 heavy (non-hydrogen) atoms. The summed E-state index contributed by atoms with van der Waals surface area (Å²) in [5.41, 5.74) is -1.10. The molecule has 8 heteroatoms. The molecule has 1 aliphatic rings. The van der Waals surface area contributed by atoms with Crippen LogP contribution in [0.3, 0.4) is 0 Å². The van der Waals surface area contributed by atoms with Crippen molar-refractivity contribution < 1.29 is 18.8 Å². The van der Waals surface area contributed by atoms with Crippen molar-refractivity contribution in [2.75, 3.05) is 18.9 Å². The fourth-order valence-corrected chi connectivity index (χ4v) is 3.50. The van der Waals surface area contributed by atoms with Crippen LogP contribution < -0.4 is 5.32 Å². The Morgan fingerprint density at radius 3 is 2.57 bits per heavy atom. The number of halogens is 1. The maximum atomic E-state index is 14.4. The van der Waals surface area contributed by atoms with Gasteiger partial charge in [-0.3, -0.25) is 14.4 Å². The van der Waals surface area contributed by atoms with E-state index < -0.39 is 35.5 Å². The fourth-order valence-electron chi connectivity index (χ4n) is 3.50. The van der Waals surface area contributed by atoms with Gasteiger partial charge in [0.2, 0.25) is 17.7 Å². The lowest BCUT2D eigenvalue weighted by atomic mass is 9.98. The predicted octanol–water partition coefficient (Wildman–Crippen LogP) is 2.52. The zero-order chi connectivity index (χ0) is 22.5. The number of benzene rings is 1. The number of rotatable bonds is 7. The van der Waals surface area contributed by atoms with E-state index in [0.717, 1.165) is 11.0 Å². The first-order chi connectivity index (χ1) is 14.1. The lowest BCUT2D eigenvalue weighted by Gasteiger charge is -2.33. The molecule has 3 unspecified atom stereocenters. The fraction of sp³-hybridized carbons (Fsp3) is 0.455. The maximum absolute atomic E-state index is 14.4. The minimum absolute atomic E-state index is 0.0229. The Labute approximate surface area is 176 Å². The first-order valence-corrected chi connectivity index (χ1v) is 9.71. The van der Waals surface area contributed by atoms with Gasteiger partial charge >= 0.3 is 0 Å². The number of hydrogen-bond acceptors (Lipinski definition) is 4. The summed E-state index contributed by atoms with van der Waals surface area (Å²) in [5.74, 6) is -1.96. The number of alkyl halides is 1. The Balaban J connectivity index is 2.20. The van der Waals surface area contributed by atoms with Crippen LogP contribution in [0.2, 0.25) is 0 Å². The average Bonchev–Trinajstić information content (AvgIpc) is 3.15. The number of hydrogen-bond donors (Lipinski definition) is 1. The smallest absolute Gasteiger partial charge is 0.246 e. The Bertz CT molecular complexity index is 844. The number of para-hydroxylation sites is 1. The minimum Gasteiger partial charge on any atom is -0.330 e. The highest BCUT2D eigenvalue weighted by atomic mass is 19.1. The first-order valence-electron chi connectivity index (χ1n) is 9.71. The Morgan fingerprint density at radius 2 is 2.03 bits per heavy atom. The number of nitrogens with zero attached hydrogens (tertiary/aromatic N) is 3. The van der Waals surface area contributed by atoms with Crippen LogP contribution in [0.4, 0.5) is 10.1 Å². The van der Waals surface area contributed by atoms with Gasteiger partial charge in [0, 0.05) is 25.7 Å². The highest BCUT2D eigenvalue weighted by Gasteiger charge is 2.43. The second-order valence-corrected chi connectivity index (χ2v) is 8.02. The molecule has 0 radical (unpaired) electrons. The third-order valence-corrected chi connectivity index (χ3v) is 5.10. The van der Waals surface area contributed by atoms with Crippen molar-refractivity contribution in [3.8, 4) is 6.07 Å². The number of nitriles is 1. The molecular formula is C22H27FN4O3. The average molecular weight is 414 g/mol. The van der Waals surface area contributed by atoms with Gasteiger partial charge in [0.1, 0.15) is 17.8 Å². The van der Waals surface area contributed by atoms with Crippen molar-refractivity contribution in [1.82, 2.24) is 9.80 Å². The molecule has 7 nitrogen and oxygen atoms in total. The molecule has 0 aliphatic carbocycles. The molecule has 1 aromatic rings. The van der Waals surface area contributed by atoms with Gasteiger partial charge in [-0.05, 0) is 38.5 Å². The summed E-state index contributed by atoms with van der Waals surface area (Å²) in [4.78, 5) is 40.3. The minimum atomic E-state index is -1.72. The van der Waals surface area contributed by atoms with Crippen LogP contribution in [-0.4, -0.2) is 58.9 Å². The van der Waals surface area contributed by atoms with E-state index >= 15 is 0 Å². The molecule has 1 aromatic carbocycles. The molecule has 160 valence electrons. The lowest BCUT2D eigenvalue weighted by Crippen LogP contribution is -2.52. The van der Waals surface area contributed by atoms with Gasteiger partial charge in [-0.15, -0.1) is 0 Å². The number of amides is 3. The van der Waals surface area contributed by atoms with Crippen LogP contribution in [-0.2, 0) is 14.4 Å². The van der Waals surface area contributed by atoms with E-state index in [9.17, 15) is 24.0 Å². The molecule has 1 N–H and O–H groups in total. The van der Waals surface area contributed by atoms with Gasteiger partial charge in [-0.1, -0.05) is 24.8 Å². The Hall–Kier alpha value is -3.21. The van der Waals surface area contributed by atoms with Gasteiger partial charge in [0.15, 0.2) is 0 Å². The van der Waals surface area contributed by atoms with E-state index in [2.05, 4.69) is 18.0 Å². The van der Waals surface area contributed by atoms with Crippen molar-refractivity contribution in [2.45, 2.75) is 44.4 Å². The largest absolute Gasteiger partial charge is 0.330 e. The maximum Gasteiger partial charge on any atom is 0.246 e. The SMILES string of the molecule is C=CC(=O)N(C)C(CC(C)(C)F)C(=O)N1CC(C(=O)Nc2ccccc2)CC1C#N. The predicted molar refractivity (Wildman–Crippen MR) is 111 cm³/mol. The number of likely N-dealkylation sites (N-methyl/N-ethyl adjacent to an activating group) is 1. The monoisotopic (exact) mass is 414 g/mol. The van der Waals surface area contributed by atoms with Gasteiger partial charge in [0.05, 0.1) is 12.0 Å². The van der Waals surface area contributed by atoms with E-state index in [-0.39, 0.29) is 25.3 Å². The molecule has 2 rings (SSSR count). The third-order valence-electron chi connectivity index (χ3n) is 5.10. The van der Waals surface area contributed by atoms with E-state index in [4.69, 9.17) is 0 Å². The molecule has 0 spiro atoms. The van der Waals surface area contributed by atoms with Gasteiger partial charge in [-0.25, -0.2) is 4.39 Å². The van der Waals surface area contributed by atoms with Crippen molar-refractivity contribution in [3.05, 3.63) is 43.0 Å². The number of carbonyl (C=O) groups excluding carboxylic acids is 3. The topological polar surface area (TPSA) is 93.5 Å². The van der Waals surface area contributed by atoms with E-state index in [1.54, 1.807) is 24.3 Å². The molecule has 0 aromatic heterocycles. The van der Waals surface area contributed by atoms with Crippen molar-refractivity contribution in [3.63, 3.8) is 0 Å².